The Balaban J connectivity index is 1.81. The van der Waals surface area contributed by atoms with Crippen LogP contribution in [0.5, 0.6) is 11.5 Å². The summed E-state index contributed by atoms with van der Waals surface area (Å²) >= 11 is 0. The van der Waals surface area contributed by atoms with E-state index in [1.807, 2.05) is 0 Å². The number of hydrogen-bond donors (Lipinski definition) is 0. The lowest BCUT2D eigenvalue weighted by Gasteiger charge is -2.13. The summed E-state index contributed by atoms with van der Waals surface area (Å²) in [5.74, 6) is -8.21. The van der Waals surface area contributed by atoms with Crippen LogP contribution in [0, 0.1) is 29.1 Å². The topological polar surface area (TPSA) is 35.5 Å². The van der Waals surface area contributed by atoms with Gasteiger partial charge in [-0.25, -0.2) is 13.2 Å². The van der Waals surface area contributed by atoms with Gasteiger partial charge in [0.15, 0.2) is 23.2 Å². The van der Waals surface area contributed by atoms with E-state index < -0.39 is 41.4 Å². The number of ether oxygens (including phenoxy) is 2. The molecule has 0 aliphatic heterocycles. The Labute approximate surface area is 174 Å². The maximum absolute atomic E-state index is 13.8. The molecule has 0 atom stereocenters. The third-order valence-electron chi connectivity index (χ3n) is 4.30. The van der Waals surface area contributed by atoms with Crippen molar-refractivity contribution in [1.29, 1.82) is 0 Å². The van der Waals surface area contributed by atoms with Gasteiger partial charge >= 0.3 is 0 Å². The lowest BCUT2D eigenvalue weighted by atomic mass is 10.1. The molecule has 0 heterocycles. The van der Waals surface area contributed by atoms with Gasteiger partial charge in [0.05, 0.1) is 7.11 Å². The van der Waals surface area contributed by atoms with Crippen LogP contribution in [0.3, 0.4) is 0 Å². The number of methoxy groups -OCH3 is 1. The molecular weight excluding hydrogens is 419 g/mol. The van der Waals surface area contributed by atoms with Crippen LogP contribution in [-0.4, -0.2) is 12.9 Å². The number of allylic oxidation sites excluding steroid dienone is 1. The van der Waals surface area contributed by atoms with E-state index in [4.69, 9.17) is 9.47 Å². The molecule has 0 N–H and O–H groups in total. The van der Waals surface area contributed by atoms with Crippen molar-refractivity contribution in [3.05, 3.63) is 100 Å². The zero-order valence-electron chi connectivity index (χ0n) is 16.1. The molecule has 0 aliphatic carbocycles. The van der Waals surface area contributed by atoms with Gasteiger partial charge in [-0.2, -0.15) is 8.78 Å². The fourth-order valence-corrected chi connectivity index (χ4v) is 2.73. The normalized spacial score (nSPS) is 11.0. The molecule has 3 aromatic carbocycles. The van der Waals surface area contributed by atoms with Crippen molar-refractivity contribution in [2.45, 2.75) is 6.61 Å². The summed E-state index contributed by atoms with van der Waals surface area (Å²) in [5.41, 5.74) is 1.11. The molecule has 0 saturated carbocycles. The van der Waals surface area contributed by atoms with E-state index in [-0.39, 0.29) is 17.4 Å². The molecule has 31 heavy (non-hydrogen) atoms. The predicted molar refractivity (Wildman–Crippen MR) is 103 cm³/mol. The van der Waals surface area contributed by atoms with Crippen molar-refractivity contribution in [2.75, 3.05) is 7.11 Å². The molecule has 160 valence electrons. The summed E-state index contributed by atoms with van der Waals surface area (Å²) in [6.45, 7) is -0.465. The molecule has 3 rings (SSSR count). The molecule has 0 spiro atoms. The zero-order chi connectivity index (χ0) is 22.5. The monoisotopic (exact) mass is 434 g/mol. The van der Waals surface area contributed by atoms with Crippen LogP contribution < -0.4 is 9.47 Å². The Hall–Kier alpha value is -3.68. The van der Waals surface area contributed by atoms with Crippen molar-refractivity contribution in [1.82, 2.24) is 0 Å². The van der Waals surface area contributed by atoms with Crippen molar-refractivity contribution in [3.8, 4) is 11.5 Å². The first kappa shape index (κ1) is 22.0. The molecule has 0 bridgehead atoms. The second-order valence-corrected chi connectivity index (χ2v) is 6.36. The van der Waals surface area contributed by atoms with Gasteiger partial charge in [-0.05, 0) is 48.0 Å². The van der Waals surface area contributed by atoms with Crippen LogP contribution >= 0.6 is 0 Å². The maximum Gasteiger partial charge on any atom is 0.203 e. The smallest absolute Gasteiger partial charge is 0.203 e. The molecule has 0 aliphatic rings. The van der Waals surface area contributed by atoms with Gasteiger partial charge in [-0.15, -0.1) is 0 Å². The van der Waals surface area contributed by atoms with E-state index in [0.29, 0.717) is 16.9 Å². The summed E-state index contributed by atoms with van der Waals surface area (Å²) in [4.78, 5) is 12.2. The first-order chi connectivity index (χ1) is 14.8. The SMILES string of the molecule is COc1ccc(/C=C/C(=O)c2ccc(F)cc2)cc1COc1c(F)c(F)cc(F)c1F. The van der Waals surface area contributed by atoms with Crippen molar-refractivity contribution in [2.24, 2.45) is 0 Å². The average molecular weight is 434 g/mol. The highest BCUT2D eigenvalue weighted by molar-refractivity contribution is 6.06. The Bertz CT molecular complexity index is 1110. The Kier molecular flexibility index (Phi) is 6.69. The van der Waals surface area contributed by atoms with Crippen molar-refractivity contribution in [3.63, 3.8) is 0 Å². The highest BCUT2D eigenvalue weighted by Crippen LogP contribution is 2.29. The fourth-order valence-electron chi connectivity index (χ4n) is 2.73. The Morgan fingerprint density at radius 2 is 1.55 bits per heavy atom. The van der Waals surface area contributed by atoms with Gasteiger partial charge in [-0.1, -0.05) is 12.1 Å². The van der Waals surface area contributed by atoms with Gasteiger partial charge in [0.1, 0.15) is 18.2 Å². The lowest BCUT2D eigenvalue weighted by molar-refractivity contribution is 0.104. The van der Waals surface area contributed by atoms with Gasteiger partial charge in [0.2, 0.25) is 11.6 Å². The number of rotatable bonds is 7. The second-order valence-electron chi connectivity index (χ2n) is 6.36. The van der Waals surface area contributed by atoms with E-state index in [0.717, 1.165) is 12.1 Å². The minimum absolute atomic E-state index is 0.0850. The van der Waals surface area contributed by atoms with Crippen LogP contribution in [0.2, 0.25) is 0 Å². The molecule has 3 aromatic rings. The fraction of sp³-hybridized carbons (Fsp3) is 0.0870. The number of halogens is 5. The van der Waals surface area contributed by atoms with E-state index in [9.17, 15) is 26.7 Å². The first-order valence-electron chi connectivity index (χ1n) is 8.91. The van der Waals surface area contributed by atoms with Gasteiger partial charge in [-0.3, -0.25) is 4.79 Å². The predicted octanol–water partition coefficient (Wildman–Crippen LogP) is 5.87. The minimum Gasteiger partial charge on any atom is -0.496 e. The van der Waals surface area contributed by atoms with E-state index in [2.05, 4.69) is 0 Å². The molecule has 0 amide bonds. The molecule has 8 heteroatoms. The quantitative estimate of drug-likeness (QED) is 0.202. The molecule has 3 nitrogen and oxygen atoms in total. The number of benzene rings is 3. The average Bonchev–Trinajstić information content (AvgIpc) is 2.76. The largest absolute Gasteiger partial charge is 0.496 e. The van der Waals surface area contributed by atoms with E-state index in [1.54, 1.807) is 6.07 Å². The molecule has 0 saturated heterocycles. The summed E-state index contributed by atoms with van der Waals surface area (Å²) in [6, 6.07) is 9.75. The first-order valence-corrected chi connectivity index (χ1v) is 8.91. The number of ketones is 1. The zero-order valence-corrected chi connectivity index (χ0v) is 16.1. The van der Waals surface area contributed by atoms with E-state index in [1.165, 1.54) is 43.5 Å². The number of hydrogen-bond acceptors (Lipinski definition) is 3. The van der Waals surface area contributed by atoms with Crippen LogP contribution in [0.4, 0.5) is 22.0 Å². The number of carbonyl (C=O) groups excluding carboxylic acids is 1. The van der Waals surface area contributed by atoms with Gasteiger partial charge in [0.25, 0.3) is 0 Å². The van der Waals surface area contributed by atoms with Crippen LogP contribution in [0.25, 0.3) is 6.08 Å². The second kappa shape index (κ2) is 9.42. The summed E-state index contributed by atoms with van der Waals surface area (Å²) in [6.07, 6.45) is 2.73. The van der Waals surface area contributed by atoms with Crippen LogP contribution in [0.1, 0.15) is 21.5 Å². The van der Waals surface area contributed by atoms with Gasteiger partial charge < -0.3 is 9.47 Å². The molecule has 0 aromatic heterocycles. The molecule has 0 unspecified atom stereocenters. The minimum atomic E-state index is -1.65. The number of carbonyl (C=O) groups is 1. The van der Waals surface area contributed by atoms with Gasteiger partial charge in [0, 0.05) is 17.2 Å². The van der Waals surface area contributed by atoms with E-state index >= 15 is 0 Å². The highest BCUT2D eigenvalue weighted by atomic mass is 19.2. The highest BCUT2D eigenvalue weighted by Gasteiger charge is 2.21. The summed E-state index contributed by atoms with van der Waals surface area (Å²) in [7, 11) is 1.36. The summed E-state index contributed by atoms with van der Waals surface area (Å²) in [5, 5.41) is 0. The Morgan fingerprint density at radius 3 is 2.16 bits per heavy atom. The standard InChI is InChI=1S/C23H15F5O3/c1-30-20-9-3-13(2-8-19(29)14-4-6-16(24)7-5-14)10-15(20)12-31-23-21(27)17(25)11-18(26)22(23)28/h2-11H,12H2,1H3/b8-2+. The molecular formula is C23H15F5O3. The van der Waals surface area contributed by atoms with Crippen LogP contribution in [-0.2, 0) is 6.61 Å². The maximum atomic E-state index is 13.8. The third-order valence-corrected chi connectivity index (χ3v) is 4.30. The third kappa shape index (κ3) is 5.09. The molecule has 0 fully saturated rings. The van der Waals surface area contributed by atoms with Crippen LogP contribution in [0.15, 0.2) is 54.6 Å². The Morgan fingerprint density at radius 1 is 0.903 bits per heavy atom. The summed E-state index contributed by atoms with van der Waals surface area (Å²) < 4.78 is 77.4. The molecule has 0 radical (unpaired) electrons. The van der Waals surface area contributed by atoms with Crippen molar-refractivity contribution >= 4 is 11.9 Å². The lowest BCUT2D eigenvalue weighted by Crippen LogP contribution is -2.05. The van der Waals surface area contributed by atoms with Crippen molar-refractivity contribution < 1.29 is 36.2 Å².